The number of amides is 3. The van der Waals surface area contributed by atoms with Gasteiger partial charge in [0.15, 0.2) is 15.7 Å². The van der Waals surface area contributed by atoms with Crippen LogP contribution in [-0.2, 0) is 19.4 Å². The SMILES string of the molecule is CN[C@@H](C)C(=O)N[C@H](C(=O)N1CCC[C@H]1c1nc(C(=O)c2ccc(F)cc2)cs1)C1CCN(C(=O)c2ccc(N3CCC(CCOc4cc5ncnc(Nc6n[nH]c(C)c6C)c5cc4S(=O)(=O)C(C)(C)C)CC3)nc2)CC1. The molecule has 6 aromatic rings. The Morgan fingerprint density at radius 1 is 0.909 bits per heavy atom. The number of piperidine rings is 2. The summed E-state index contributed by atoms with van der Waals surface area (Å²) < 4.78 is 46.8. The minimum absolute atomic E-state index is 0.0799. The van der Waals surface area contributed by atoms with Gasteiger partial charge in [-0.2, -0.15) is 5.10 Å². The van der Waals surface area contributed by atoms with Gasteiger partial charge < -0.3 is 35.4 Å². The van der Waals surface area contributed by atoms with Gasteiger partial charge in [-0.3, -0.25) is 24.3 Å². The van der Waals surface area contributed by atoms with E-state index in [-0.39, 0.29) is 51.8 Å². The van der Waals surface area contributed by atoms with Gasteiger partial charge in [-0.15, -0.1) is 11.3 Å². The monoisotopic (exact) mass is 1090 g/mol. The van der Waals surface area contributed by atoms with Crippen molar-refractivity contribution in [2.75, 3.05) is 56.6 Å². The molecule has 7 heterocycles. The number of aryl methyl sites for hydroxylation is 1. The van der Waals surface area contributed by atoms with Crippen molar-refractivity contribution in [1.82, 2.24) is 50.6 Å². The van der Waals surface area contributed by atoms with Crippen LogP contribution in [-0.4, -0.2) is 135 Å². The van der Waals surface area contributed by atoms with Crippen LogP contribution in [0, 0.1) is 31.5 Å². The molecule has 9 rings (SSSR count). The zero-order chi connectivity index (χ0) is 54.8. The molecule has 0 radical (unpaired) electrons. The molecule has 3 atom stereocenters. The van der Waals surface area contributed by atoms with Crippen LogP contribution in [0.4, 0.5) is 21.8 Å². The minimum Gasteiger partial charge on any atom is -0.492 e. The molecule has 3 amide bonds. The van der Waals surface area contributed by atoms with Gasteiger partial charge in [-0.1, -0.05) is 0 Å². The van der Waals surface area contributed by atoms with Crippen LogP contribution in [0.1, 0.15) is 121 Å². The molecule has 22 heteroatoms. The van der Waals surface area contributed by atoms with Gasteiger partial charge in [-0.05, 0) is 148 Å². The van der Waals surface area contributed by atoms with Gasteiger partial charge in [0.05, 0.1) is 34.5 Å². The second kappa shape index (κ2) is 23.0. The van der Waals surface area contributed by atoms with E-state index < -0.39 is 32.5 Å². The highest BCUT2D eigenvalue weighted by atomic mass is 32.2. The number of ether oxygens (including phenoxy) is 1. The van der Waals surface area contributed by atoms with Crippen molar-refractivity contribution >= 4 is 73.0 Å². The lowest BCUT2D eigenvalue weighted by molar-refractivity contribution is -0.139. The van der Waals surface area contributed by atoms with Crippen molar-refractivity contribution in [3.8, 4) is 5.75 Å². The molecule has 3 fully saturated rings. The van der Waals surface area contributed by atoms with Crippen molar-refractivity contribution in [2.24, 2.45) is 11.8 Å². The van der Waals surface area contributed by atoms with Crippen molar-refractivity contribution in [2.45, 2.75) is 114 Å². The summed E-state index contributed by atoms with van der Waals surface area (Å²) in [6.45, 7) is 13.7. The molecule has 0 unspecified atom stereocenters. The van der Waals surface area contributed by atoms with E-state index in [1.165, 1.54) is 41.9 Å². The number of thiazole rings is 1. The number of carbonyl (C=O) groups excluding carboxylic acids is 4. The molecular weight excluding hydrogens is 1020 g/mol. The molecule has 4 aromatic heterocycles. The van der Waals surface area contributed by atoms with Crippen LogP contribution in [0.25, 0.3) is 10.9 Å². The summed E-state index contributed by atoms with van der Waals surface area (Å²) in [5.74, 6) is 0.710. The highest BCUT2D eigenvalue weighted by Gasteiger charge is 2.42. The number of halogens is 1. The molecule has 0 saturated carbocycles. The maximum atomic E-state index is 14.6. The number of fused-ring (bicyclic) bond motifs is 1. The maximum absolute atomic E-state index is 14.6. The number of anilines is 3. The standard InChI is InChI=1S/C55H67FN12O7S2/c1-32-33(2)64-65-49(32)63-50-40-27-45(77(73,74)55(4,5)6)44(28-41(40)59-31-60-50)75-26-20-35-16-22-66(23-17-35)46-15-12-38(29-58-46)53(71)67-24-18-36(19-25-67)47(62-51(70)34(3)57-7)54(72)68-21-8-9-43(68)52-61-42(30-76-52)48(69)37-10-13-39(56)14-11-37/h10-15,27-31,34-36,43,47,57H,8-9,16-26H2,1-7H3,(H,62,70)(H2,59,60,63,64,65)/t34-,43-,47-/m0/s1. The number of aromatic nitrogens is 6. The Morgan fingerprint density at radius 3 is 2.30 bits per heavy atom. The summed E-state index contributed by atoms with van der Waals surface area (Å²) in [7, 11) is -2.16. The smallest absolute Gasteiger partial charge is 0.255 e. The average molecular weight is 1090 g/mol. The van der Waals surface area contributed by atoms with Crippen molar-refractivity contribution in [3.63, 3.8) is 0 Å². The van der Waals surface area contributed by atoms with E-state index in [0.29, 0.717) is 90.1 Å². The van der Waals surface area contributed by atoms with E-state index in [0.717, 1.165) is 55.8 Å². The number of pyridine rings is 1. The minimum atomic E-state index is -3.84. The fourth-order valence-electron chi connectivity index (χ4n) is 10.2. The molecule has 3 aliphatic heterocycles. The molecule has 2 aromatic carbocycles. The third-order valence-electron chi connectivity index (χ3n) is 15.4. The van der Waals surface area contributed by atoms with Crippen molar-refractivity contribution in [1.29, 1.82) is 0 Å². The first kappa shape index (κ1) is 54.9. The lowest BCUT2D eigenvalue weighted by Gasteiger charge is -2.38. The largest absolute Gasteiger partial charge is 0.492 e. The summed E-state index contributed by atoms with van der Waals surface area (Å²) in [6, 6.07) is 10.5. The first-order valence-corrected chi connectivity index (χ1v) is 28.7. The number of likely N-dealkylation sites (tertiary alicyclic amines) is 2. The van der Waals surface area contributed by atoms with Crippen LogP contribution in [0.15, 0.2) is 71.3 Å². The Morgan fingerprint density at radius 2 is 1.64 bits per heavy atom. The fraction of sp³-hybridized carbons (Fsp3) is 0.473. The van der Waals surface area contributed by atoms with E-state index >= 15 is 0 Å². The first-order valence-electron chi connectivity index (χ1n) is 26.3. The molecule has 0 spiro atoms. The Bertz CT molecular complexity index is 3240. The summed E-state index contributed by atoms with van der Waals surface area (Å²) >= 11 is 1.30. The third-order valence-corrected chi connectivity index (χ3v) is 18.8. The molecule has 0 aliphatic carbocycles. The fourth-order valence-corrected chi connectivity index (χ4v) is 12.5. The molecule has 19 nitrogen and oxygen atoms in total. The van der Waals surface area contributed by atoms with Crippen LogP contribution in [0.2, 0.25) is 0 Å². The van der Waals surface area contributed by atoms with Crippen LogP contribution in [0.3, 0.4) is 0 Å². The number of benzene rings is 2. The second-order valence-corrected chi connectivity index (χ2v) is 24.9. The maximum Gasteiger partial charge on any atom is 0.255 e. The number of rotatable bonds is 17. The number of aromatic amines is 1. The highest BCUT2D eigenvalue weighted by molar-refractivity contribution is 7.92. The second-order valence-electron chi connectivity index (χ2n) is 21.3. The average Bonchev–Trinajstić information content (AvgIpc) is 4.24. The number of sulfone groups is 1. The Hall–Kier alpha value is -6.91. The van der Waals surface area contributed by atoms with E-state index in [4.69, 9.17) is 9.72 Å². The van der Waals surface area contributed by atoms with Gasteiger partial charge in [0.1, 0.15) is 51.2 Å². The van der Waals surface area contributed by atoms with Gasteiger partial charge in [0, 0.05) is 72.6 Å². The molecule has 4 N–H and O–H groups in total. The van der Waals surface area contributed by atoms with Crippen LogP contribution >= 0.6 is 11.3 Å². The normalized spacial score (nSPS) is 17.6. The number of ketones is 1. The third kappa shape index (κ3) is 11.8. The van der Waals surface area contributed by atoms with Crippen LogP contribution in [0.5, 0.6) is 5.75 Å². The number of nitrogens with one attached hydrogen (secondary N) is 4. The molecular formula is C55H67FN12O7S2. The highest BCUT2D eigenvalue weighted by Crippen LogP contribution is 2.39. The van der Waals surface area contributed by atoms with Crippen molar-refractivity contribution < 1.29 is 36.7 Å². The summed E-state index contributed by atoms with van der Waals surface area (Å²) in [5.41, 5.74) is 3.37. The van der Waals surface area contributed by atoms with E-state index in [1.54, 1.807) is 68.3 Å². The predicted octanol–water partition coefficient (Wildman–Crippen LogP) is 7.50. The van der Waals surface area contributed by atoms with Gasteiger partial charge in [-0.25, -0.2) is 32.7 Å². The van der Waals surface area contributed by atoms with E-state index in [9.17, 15) is 32.0 Å². The number of likely N-dealkylation sites (N-methyl/N-ethyl adjacent to an activating group) is 1. The molecule has 408 valence electrons. The molecule has 3 saturated heterocycles. The molecule has 3 aliphatic rings. The predicted molar refractivity (Wildman–Crippen MR) is 292 cm³/mol. The number of nitrogens with zero attached hydrogens (tertiary/aromatic N) is 8. The topological polar surface area (TPSA) is 238 Å². The quantitative estimate of drug-likeness (QED) is 0.0647. The number of hydrogen-bond donors (Lipinski definition) is 4. The Balaban J connectivity index is 0.787. The zero-order valence-electron chi connectivity index (χ0n) is 44.6. The van der Waals surface area contributed by atoms with Crippen molar-refractivity contribution in [3.05, 3.63) is 105 Å². The van der Waals surface area contributed by atoms with E-state index in [2.05, 4.69) is 46.0 Å². The zero-order valence-corrected chi connectivity index (χ0v) is 46.2. The number of carbonyl (C=O) groups is 4. The summed E-state index contributed by atoms with van der Waals surface area (Å²) in [4.78, 5) is 79.2. The summed E-state index contributed by atoms with van der Waals surface area (Å²) in [6.07, 6.45) is 7.89. The Labute approximate surface area is 452 Å². The Kier molecular flexibility index (Phi) is 16.4. The molecule has 77 heavy (non-hydrogen) atoms. The van der Waals surface area contributed by atoms with Gasteiger partial charge >= 0.3 is 0 Å². The number of hydrogen-bond acceptors (Lipinski definition) is 16. The van der Waals surface area contributed by atoms with Gasteiger partial charge in [0.25, 0.3) is 5.91 Å². The lowest BCUT2D eigenvalue weighted by Crippen LogP contribution is -2.57. The van der Waals surface area contributed by atoms with Gasteiger partial charge in [0.2, 0.25) is 17.6 Å². The lowest BCUT2D eigenvalue weighted by atomic mass is 9.87. The van der Waals surface area contributed by atoms with Crippen LogP contribution < -0.4 is 25.6 Å². The first-order chi connectivity index (χ1) is 36.8. The molecule has 0 bridgehead atoms. The number of H-pyrrole nitrogens is 1. The van der Waals surface area contributed by atoms with E-state index in [1.807, 2.05) is 26.0 Å². The summed E-state index contributed by atoms with van der Waals surface area (Å²) in [5, 5.41) is 19.4.